The summed E-state index contributed by atoms with van der Waals surface area (Å²) in [7, 11) is 2.00. The Morgan fingerprint density at radius 2 is 2.10 bits per heavy atom. The Morgan fingerprint density at radius 1 is 1.45 bits per heavy atom. The summed E-state index contributed by atoms with van der Waals surface area (Å²) in [6.07, 6.45) is 0.502. The molecule has 3 N–H and O–H groups in total. The molecule has 0 amide bonds. The molecule has 0 fully saturated rings. The average molecular weight is 296 g/mol. The van der Waals surface area contributed by atoms with E-state index in [1.54, 1.807) is 6.07 Å². The number of likely N-dealkylation sites (N-methyl/N-ethyl adjacent to an activating group) is 1. The van der Waals surface area contributed by atoms with Gasteiger partial charge in [0.05, 0.1) is 5.56 Å². The highest BCUT2D eigenvalue weighted by Crippen LogP contribution is 2.18. The van der Waals surface area contributed by atoms with Gasteiger partial charge in [0.15, 0.2) is 0 Å². The Bertz CT molecular complexity index is 440. The maximum atomic E-state index is 10.0. The lowest BCUT2D eigenvalue weighted by Gasteiger charge is -2.26. The summed E-state index contributed by atoms with van der Waals surface area (Å²) < 4.78 is 5.63. The Kier molecular flexibility index (Phi) is 6.91. The minimum absolute atomic E-state index is 0.223. The van der Waals surface area contributed by atoms with E-state index in [0.29, 0.717) is 28.9 Å². The van der Waals surface area contributed by atoms with E-state index in [1.165, 1.54) is 0 Å². The van der Waals surface area contributed by atoms with Gasteiger partial charge >= 0.3 is 0 Å². The fraction of sp³-hybridized carbons (Fsp3) is 0.533. The monoisotopic (exact) mass is 296 g/mol. The van der Waals surface area contributed by atoms with Gasteiger partial charge in [0.2, 0.25) is 0 Å². The Hall–Kier alpha value is -1.17. The molecule has 1 aromatic rings. The molecule has 0 spiro atoms. The molecular formula is C15H24N2O2S. The maximum Gasteiger partial charge on any atom is 0.129 e. The van der Waals surface area contributed by atoms with Gasteiger partial charge in [0.1, 0.15) is 23.4 Å². The molecule has 0 saturated heterocycles. The van der Waals surface area contributed by atoms with Crippen molar-refractivity contribution in [2.75, 3.05) is 20.2 Å². The van der Waals surface area contributed by atoms with E-state index in [-0.39, 0.29) is 6.61 Å². The van der Waals surface area contributed by atoms with Crippen LogP contribution in [0.4, 0.5) is 0 Å². The largest absolute Gasteiger partial charge is 0.490 e. The maximum absolute atomic E-state index is 10.0. The molecule has 112 valence electrons. The lowest BCUT2D eigenvalue weighted by atomic mass is 10.2. The summed E-state index contributed by atoms with van der Waals surface area (Å²) in [6.45, 7) is 5.06. The van der Waals surface area contributed by atoms with Gasteiger partial charge in [-0.25, -0.2) is 0 Å². The Morgan fingerprint density at radius 3 is 2.70 bits per heavy atom. The van der Waals surface area contributed by atoms with Crippen LogP contribution in [-0.4, -0.2) is 47.3 Å². The molecule has 0 heterocycles. The van der Waals surface area contributed by atoms with Gasteiger partial charge in [-0.1, -0.05) is 31.3 Å². The van der Waals surface area contributed by atoms with E-state index >= 15 is 0 Å². The van der Waals surface area contributed by atoms with Crippen molar-refractivity contribution in [2.45, 2.75) is 32.4 Å². The van der Waals surface area contributed by atoms with Gasteiger partial charge in [-0.3, -0.25) is 0 Å². The first-order valence-corrected chi connectivity index (χ1v) is 7.26. The topological polar surface area (TPSA) is 58.7 Å². The number of aliphatic hydroxyl groups excluding tert-OH is 1. The molecule has 1 rings (SSSR count). The van der Waals surface area contributed by atoms with Crippen molar-refractivity contribution < 1.29 is 9.84 Å². The van der Waals surface area contributed by atoms with Crippen LogP contribution < -0.4 is 10.5 Å². The van der Waals surface area contributed by atoms with Crippen molar-refractivity contribution in [3.05, 3.63) is 29.8 Å². The van der Waals surface area contributed by atoms with Crippen LogP contribution in [0.1, 0.15) is 25.8 Å². The van der Waals surface area contributed by atoms with Crippen molar-refractivity contribution in [3.8, 4) is 5.75 Å². The van der Waals surface area contributed by atoms with Gasteiger partial charge in [-0.05, 0) is 32.5 Å². The highest BCUT2D eigenvalue weighted by atomic mass is 32.1. The van der Waals surface area contributed by atoms with Gasteiger partial charge in [-0.2, -0.15) is 0 Å². The summed E-state index contributed by atoms with van der Waals surface area (Å²) in [4.78, 5) is 2.42. The van der Waals surface area contributed by atoms with E-state index < -0.39 is 6.10 Å². The number of hydrogen-bond acceptors (Lipinski definition) is 4. The molecule has 4 nitrogen and oxygen atoms in total. The van der Waals surface area contributed by atoms with E-state index in [9.17, 15) is 5.11 Å². The lowest BCUT2D eigenvalue weighted by molar-refractivity contribution is 0.0649. The fourth-order valence-electron chi connectivity index (χ4n) is 1.86. The average Bonchev–Trinajstić information content (AvgIpc) is 2.44. The molecule has 1 aromatic carbocycles. The van der Waals surface area contributed by atoms with Crippen LogP contribution in [-0.2, 0) is 0 Å². The third-order valence-corrected chi connectivity index (χ3v) is 3.65. The van der Waals surface area contributed by atoms with E-state index in [1.807, 2.05) is 25.2 Å². The number of thiocarbonyl (C=S) groups is 1. The zero-order valence-electron chi connectivity index (χ0n) is 12.4. The predicted molar refractivity (Wildman–Crippen MR) is 86.2 cm³/mol. The second-order valence-corrected chi connectivity index (χ2v) is 5.46. The smallest absolute Gasteiger partial charge is 0.129 e. The first-order valence-electron chi connectivity index (χ1n) is 6.85. The third-order valence-electron chi connectivity index (χ3n) is 3.43. The SMILES string of the molecule is CCC(C)N(C)CC(O)COc1ccccc1C(N)=S. The standard InChI is InChI=1S/C15H24N2O2S/c1-4-11(2)17(3)9-12(18)10-19-14-8-6-5-7-13(14)15(16)20/h5-8,11-12,18H,4,9-10H2,1-3H3,(H2,16,20). The minimum Gasteiger partial charge on any atom is -0.490 e. The summed E-state index contributed by atoms with van der Waals surface area (Å²) in [6, 6.07) is 7.77. The lowest BCUT2D eigenvalue weighted by Crippen LogP contribution is -2.38. The number of nitrogens with two attached hydrogens (primary N) is 1. The summed E-state index contributed by atoms with van der Waals surface area (Å²) >= 11 is 4.98. The normalized spacial score (nSPS) is 14.1. The first kappa shape index (κ1) is 16.9. The molecule has 2 unspecified atom stereocenters. The van der Waals surface area contributed by atoms with Crippen molar-refractivity contribution in [1.82, 2.24) is 4.90 Å². The molecule has 20 heavy (non-hydrogen) atoms. The van der Waals surface area contributed by atoms with E-state index in [4.69, 9.17) is 22.7 Å². The highest BCUT2D eigenvalue weighted by molar-refractivity contribution is 7.80. The zero-order valence-corrected chi connectivity index (χ0v) is 13.2. The zero-order chi connectivity index (χ0) is 15.1. The molecule has 5 heteroatoms. The number of para-hydroxylation sites is 1. The third kappa shape index (κ3) is 5.07. The summed E-state index contributed by atoms with van der Waals surface area (Å²) in [5.41, 5.74) is 6.34. The number of hydrogen-bond donors (Lipinski definition) is 2. The Balaban J connectivity index is 2.53. The summed E-state index contributed by atoms with van der Waals surface area (Å²) in [5.74, 6) is 0.616. The molecule has 0 aromatic heterocycles. The summed E-state index contributed by atoms with van der Waals surface area (Å²) in [5, 5.41) is 10.0. The van der Waals surface area contributed by atoms with Crippen LogP contribution in [0.3, 0.4) is 0 Å². The van der Waals surface area contributed by atoms with Gasteiger partial charge in [0.25, 0.3) is 0 Å². The second kappa shape index (κ2) is 8.19. The van der Waals surface area contributed by atoms with Crippen molar-refractivity contribution in [3.63, 3.8) is 0 Å². The van der Waals surface area contributed by atoms with E-state index in [2.05, 4.69) is 18.7 Å². The molecule has 0 aliphatic carbocycles. The highest BCUT2D eigenvalue weighted by Gasteiger charge is 2.14. The number of rotatable bonds is 8. The second-order valence-electron chi connectivity index (χ2n) is 5.02. The van der Waals surface area contributed by atoms with Crippen molar-refractivity contribution in [2.24, 2.45) is 5.73 Å². The Labute approximate surface area is 126 Å². The van der Waals surface area contributed by atoms with Gasteiger partial charge < -0.3 is 20.5 Å². The number of ether oxygens (including phenoxy) is 1. The van der Waals surface area contributed by atoms with Crippen LogP contribution in [0.5, 0.6) is 5.75 Å². The molecule has 0 bridgehead atoms. The quantitative estimate of drug-likeness (QED) is 0.716. The first-order chi connectivity index (χ1) is 9.45. The van der Waals surface area contributed by atoms with E-state index in [0.717, 1.165) is 6.42 Å². The van der Waals surface area contributed by atoms with Crippen LogP contribution in [0, 0.1) is 0 Å². The molecule has 2 atom stereocenters. The predicted octanol–water partition coefficient (Wildman–Crippen LogP) is 1.79. The van der Waals surface area contributed by atoms with Crippen LogP contribution in [0.15, 0.2) is 24.3 Å². The van der Waals surface area contributed by atoms with Crippen LogP contribution in [0.25, 0.3) is 0 Å². The molecule has 0 aliphatic rings. The van der Waals surface area contributed by atoms with Crippen molar-refractivity contribution in [1.29, 1.82) is 0 Å². The van der Waals surface area contributed by atoms with Crippen molar-refractivity contribution >= 4 is 17.2 Å². The fourth-order valence-corrected chi connectivity index (χ4v) is 2.03. The van der Waals surface area contributed by atoms with Gasteiger partial charge in [-0.15, -0.1) is 0 Å². The number of nitrogens with zero attached hydrogens (tertiary/aromatic N) is 1. The van der Waals surface area contributed by atoms with Crippen LogP contribution in [0.2, 0.25) is 0 Å². The number of aliphatic hydroxyl groups is 1. The van der Waals surface area contributed by atoms with Gasteiger partial charge in [0, 0.05) is 12.6 Å². The number of benzene rings is 1. The molecule has 0 aliphatic heterocycles. The minimum atomic E-state index is -0.548. The van der Waals surface area contributed by atoms with Crippen LogP contribution >= 0.6 is 12.2 Å². The molecular weight excluding hydrogens is 272 g/mol. The molecule has 0 saturated carbocycles. The molecule has 0 radical (unpaired) electrons.